The van der Waals surface area contributed by atoms with Gasteiger partial charge in [-0.15, -0.1) is 22.7 Å². The number of carbonyl (C=O) groups excluding carboxylic acids is 3. The maximum absolute atomic E-state index is 12.2. The molecule has 0 radical (unpaired) electrons. The van der Waals surface area contributed by atoms with E-state index in [0.29, 0.717) is 59.6 Å². The number of Topliss-reactive ketones (excluding diaryl/α,β-unsaturated/α-hetero) is 2. The van der Waals surface area contributed by atoms with Crippen molar-refractivity contribution in [2.45, 2.75) is 218 Å². The van der Waals surface area contributed by atoms with E-state index in [2.05, 4.69) is 156 Å². The lowest BCUT2D eigenvalue weighted by atomic mass is 9.99. The number of allylic oxidation sites excluding steroid dienone is 6. The lowest BCUT2D eigenvalue weighted by Crippen LogP contribution is -2.50. The number of hydrogen-bond acceptors (Lipinski definition) is 10. The molecule has 0 spiro atoms. The lowest BCUT2D eigenvalue weighted by molar-refractivity contribution is -0.139. The van der Waals surface area contributed by atoms with Gasteiger partial charge in [-0.2, -0.15) is 0 Å². The standard InChI is InChI=1S/C25H34BrNO3S.C24H42BrNO2SSi.C10H14O2/c1-17(2)12-18(3)8-7-9-25(29)30-23(14-20(5)26)15-24-27-22(16-31-24)11-10-19(4)13-21(6)28;1-16(2)30(17(3)4,18(5)6)28-23(13-20(8)25)14-24-26-22(15-29-24)11-10-19(7)12-21(9)27;1-8(2)7-9(3)5-4-6-10(11)12/h8,14,16-17,19,23H,10-13,15H2,1-6H3;13,15-19,23H,10-12,14H2,1-9H3;5,8H,7H2,1-3H3,(H,11,12)/b18-8+,20-14+;20-13+;9-5+/t19-,23-;19-,23+;/m11./s1. The number of carboxylic acid groups (broad SMARTS) is 1. The third-order valence-corrected chi connectivity index (χ3v) is 20.1. The summed E-state index contributed by atoms with van der Waals surface area (Å²) in [6, 6.07) is 0. The van der Waals surface area contributed by atoms with Gasteiger partial charge in [0.2, 0.25) is 8.32 Å². The molecule has 2 rings (SSSR count). The Morgan fingerprint density at radius 1 is 0.616 bits per heavy atom. The van der Waals surface area contributed by atoms with E-state index in [1.54, 1.807) is 48.7 Å². The molecule has 408 valence electrons. The van der Waals surface area contributed by atoms with Crippen molar-refractivity contribution in [2.75, 3.05) is 0 Å². The predicted molar refractivity (Wildman–Crippen MR) is 318 cm³/mol. The molecular weight excluding hydrogens is 1100 g/mol. The monoisotopic (exact) mass is 1190 g/mol. The van der Waals surface area contributed by atoms with Crippen LogP contribution < -0.4 is 0 Å². The van der Waals surface area contributed by atoms with Gasteiger partial charge in [-0.1, -0.05) is 138 Å². The summed E-state index contributed by atoms with van der Waals surface area (Å²) < 4.78 is 14.6. The molecule has 0 saturated carbocycles. The number of thiazole rings is 2. The van der Waals surface area contributed by atoms with E-state index in [-0.39, 0.29) is 17.7 Å². The van der Waals surface area contributed by atoms with Crippen LogP contribution in [0.15, 0.2) is 55.2 Å². The first-order valence-corrected chi connectivity index (χ1v) is 31.4. The number of aryl methyl sites for hydroxylation is 2. The summed E-state index contributed by atoms with van der Waals surface area (Å²) in [6.07, 6.45) is 15.4. The van der Waals surface area contributed by atoms with Gasteiger partial charge < -0.3 is 23.9 Å². The van der Waals surface area contributed by atoms with E-state index < -0.39 is 26.4 Å². The van der Waals surface area contributed by atoms with Gasteiger partial charge in [-0.05, 0) is 154 Å². The Morgan fingerprint density at radius 2 is 1.00 bits per heavy atom. The summed E-state index contributed by atoms with van der Waals surface area (Å²) in [5, 5.41) is 14.5. The van der Waals surface area contributed by atoms with E-state index in [9.17, 15) is 19.2 Å². The van der Waals surface area contributed by atoms with Crippen LogP contribution in [0.5, 0.6) is 0 Å². The highest BCUT2D eigenvalue weighted by Crippen LogP contribution is 2.43. The fraction of sp³-hybridized carbons (Fsp3) is 0.627. The molecule has 0 aliphatic heterocycles. The molecule has 0 unspecified atom stereocenters. The Hall–Kier alpha value is -3.24. The molecule has 14 heteroatoms. The maximum atomic E-state index is 12.2. The highest BCUT2D eigenvalue weighted by Gasteiger charge is 2.46. The van der Waals surface area contributed by atoms with Crippen LogP contribution in [-0.2, 0) is 54.0 Å². The molecule has 2 aromatic rings. The molecule has 0 bridgehead atoms. The molecule has 9 nitrogen and oxygen atoms in total. The number of nitrogens with zero attached hydrogens (tertiary/aromatic N) is 2. The summed E-state index contributed by atoms with van der Waals surface area (Å²) >= 11 is 10.3. The van der Waals surface area contributed by atoms with Crippen LogP contribution in [0.1, 0.15) is 185 Å². The number of aromatic nitrogens is 2. The van der Waals surface area contributed by atoms with E-state index in [1.165, 1.54) is 0 Å². The second-order valence-corrected chi connectivity index (χ2v) is 31.2. The molecule has 2 heterocycles. The third kappa shape index (κ3) is 33.4. The number of ether oxygens (including phenoxy) is 1. The summed E-state index contributed by atoms with van der Waals surface area (Å²) in [7, 11) is -1.97. The van der Waals surface area contributed by atoms with Gasteiger partial charge in [0, 0.05) is 48.3 Å². The molecule has 2 aromatic heterocycles. The average molecular weight is 1190 g/mol. The first-order valence-electron chi connectivity index (χ1n) is 25.9. The number of rotatable bonds is 26. The number of carboxylic acids is 1. The zero-order valence-corrected chi connectivity index (χ0v) is 53.4. The third-order valence-electron chi connectivity index (χ3n) is 11.6. The normalized spacial score (nSPS) is 14.0. The minimum atomic E-state index is -1.97. The van der Waals surface area contributed by atoms with Gasteiger partial charge in [-0.25, -0.2) is 19.6 Å². The largest absolute Gasteiger partial charge is 0.472 e. The number of ketones is 2. The molecule has 0 aliphatic carbocycles. The van der Waals surface area contributed by atoms with E-state index >= 15 is 0 Å². The zero-order chi connectivity index (χ0) is 56.0. The van der Waals surface area contributed by atoms with Crippen molar-refractivity contribution in [3.63, 3.8) is 0 Å². The minimum absolute atomic E-state index is 0.0406. The first kappa shape index (κ1) is 69.8. The van der Waals surface area contributed by atoms with Crippen LogP contribution in [0.3, 0.4) is 0 Å². The van der Waals surface area contributed by atoms with Gasteiger partial charge in [0.05, 0.1) is 27.5 Å². The number of esters is 1. The quantitative estimate of drug-likeness (QED) is 0.0423. The Bertz CT molecular complexity index is 2240. The predicted octanol–water partition coefficient (Wildman–Crippen LogP) is 16.6. The van der Waals surface area contributed by atoms with Crippen molar-refractivity contribution in [3.05, 3.63) is 76.6 Å². The fourth-order valence-electron chi connectivity index (χ4n) is 8.90. The second-order valence-electron chi connectivity index (χ2n) is 21.4. The zero-order valence-electron chi connectivity index (χ0n) is 47.6. The van der Waals surface area contributed by atoms with Gasteiger partial charge >= 0.3 is 11.9 Å². The summed E-state index contributed by atoms with van der Waals surface area (Å²) in [5.41, 5.74) is 6.10. The van der Waals surface area contributed by atoms with Crippen LogP contribution >= 0.6 is 54.5 Å². The molecule has 73 heavy (non-hydrogen) atoms. The van der Waals surface area contributed by atoms with Gasteiger partial charge in [0.15, 0.2) is 0 Å². The number of carbonyl (C=O) groups is 4. The smallest absolute Gasteiger partial charge is 0.385 e. The Labute approximate surface area is 468 Å². The van der Waals surface area contributed by atoms with Crippen LogP contribution in [0.4, 0.5) is 0 Å². The minimum Gasteiger partial charge on any atom is -0.472 e. The summed E-state index contributed by atoms with van der Waals surface area (Å²) in [5.74, 6) is 10.7. The van der Waals surface area contributed by atoms with Crippen molar-refractivity contribution in [3.8, 4) is 23.7 Å². The molecule has 0 aliphatic rings. The highest BCUT2D eigenvalue weighted by atomic mass is 79.9. The number of aliphatic carboxylic acids is 1. The fourth-order valence-corrected chi connectivity index (χ4v) is 16.7. The van der Waals surface area contributed by atoms with E-state index in [4.69, 9.17) is 19.3 Å². The van der Waals surface area contributed by atoms with Gasteiger partial charge in [-0.3, -0.25) is 0 Å². The topological polar surface area (TPSA) is 133 Å². The Kier molecular flexibility index (Phi) is 35.8. The first-order chi connectivity index (χ1) is 33.9. The SMILES string of the molecule is C/C(=C\C#CC(=O)O)CC(C)C.CC(=O)C[C@H](C)CCc1csc(C[C@@H](/C=C(\C)Br)OC(=O)C#C/C=C(\C)CC(C)C)n1.CC(=O)C[C@H](C)CCc1csc(C[C@H](/C=C(\C)Br)O[Si](C(C)C)(C(C)C)C(C)C)n1. The van der Waals surface area contributed by atoms with Crippen molar-refractivity contribution in [1.29, 1.82) is 0 Å². The van der Waals surface area contributed by atoms with E-state index in [1.807, 2.05) is 38.1 Å². The molecule has 0 saturated heterocycles. The van der Waals surface area contributed by atoms with Crippen molar-refractivity contribution >= 4 is 86.4 Å². The van der Waals surface area contributed by atoms with Crippen LogP contribution in [0.2, 0.25) is 16.6 Å². The van der Waals surface area contributed by atoms with Crippen LogP contribution in [-0.4, -0.2) is 59.1 Å². The molecule has 4 atom stereocenters. The van der Waals surface area contributed by atoms with Crippen LogP contribution in [0, 0.1) is 47.4 Å². The van der Waals surface area contributed by atoms with Gasteiger partial charge in [0.25, 0.3) is 0 Å². The van der Waals surface area contributed by atoms with E-state index in [0.717, 1.165) is 86.5 Å². The Morgan fingerprint density at radius 3 is 1.36 bits per heavy atom. The lowest BCUT2D eigenvalue weighted by Gasteiger charge is -2.44. The number of hydrogen-bond donors (Lipinski definition) is 1. The Balaban J connectivity index is 0.00000116. The summed E-state index contributed by atoms with van der Waals surface area (Å²) in [6.45, 7) is 38.0. The molecule has 0 fully saturated rings. The molecule has 0 amide bonds. The van der Waals surface area contributed by atoms with Crippen molar-refractivity contribution in [2.24, 2.45) is 23.7 Å². The highest BCUT2D eigenvalue weighted by molar-refractivity contribution is 9.12. The van der Waals surface area contributed by atoms with Crippen LogP contribution in [0.25, 0.3) is 0 Å². The molecule has 1 N–H and O–H groups in total. The van der Waals surface area contributed by atoms with Crippen molar-refractivity contribution in [1.82, 2.24) is 9.97 Å². The summed E-state index contributed by atoms with van der Waals surface area (Å²) in [4.78, 5) is 54.3. The average Bonchev–Trinajstić information content (AvgIpc) is 3.88. The molecular formula is C59H90Br2N2O7S2Si. The van der Waals surface area contributed by atoms with Crippen molar-refractivity contribution < 1.29 is 33.4 Å². The second kappa shape index (κ2) is 37.5. The van der Waals surface area contributed by atoms with Gasteiger partial charge in [0.1, 0.15) is 17.7 Å². The maximum Gasteiger partial charge on any atom is 0.385 e. The number of halogens is 2. The molecule has 0 aromatic carbocycles.